The average molecular weight is 358 g/mol. The molecule has 0 aliphatic heterocycles. The normalized spacial score (nSPS) is 10.6. The highest BCUT2D eigenvalue weighted by atomic mass is 32.2. The largest absolute Gasteiger partial charge is 0.457 e. The Balaban J connectivity index is 1.73. The Morgan fingerprint density at radius 2 is 1.92 bits per heavy atom. The molecule has 0 aliphatic rings. The maximum absolute atomic E-state index is 12.3. The minimum absolute atomic E-state index is 0.207. The lowest BCUT2D eigenvalue weighted by atomic mass is 10.2. The molecular weight excluding hydrogens is 344 g/mol. The maximum Gasteiger partial charge on any atom is 0.352 e. The van der Waals surface area contributed by atoms with Gasteiger partial charge in [-0.15, -0.1) is 5.10 Å². The zero-order valence-corrected chi connectivity index (χ0v) is 14.7. The molecule has 0 aliphatic carbocycles. The predicted molar refractivity (Wildman–Crippen MR) is 93.0 cm³/mol. The van der Waals surface area contributed by atoms with E-state index in [0.717, 1.165) is 22.7 Å². The summed E-state index contributed by atoms with van der Waals surface area (Å²) >= 11 is 2.45. The van der Waals surface area contributed by atoms with Crippen molar-refractivity contribution in [3.63, 3.8) is 0 Å². The number of esters is 1. The van der Waals surface area contributed by atoms with Crippen molar-refractivity contribution < 1.29 is 9.53 Å². The molecule has 2 heterocycles. The van der Waals surface area contributed by atoms with Crippen LogP contribution >= 0.6 is 23.3 Å². The molecule has 0 radical (unpaired) electrons. The van der Waals surface area contributed by atoms with Crippen LogP contribution in [0.1, 0.15) is 20.8 Å². The number of rotatable bonds is 5. The Hall–Kier alpha value is -2.32. The van der Waals surface area contributed by atoms with Crippen molar-refractivity contribution >= 4 is 29.3 Å². The van der Waals surface area contributed by atoms with E-state index in [2.05, 4.69) is 19.6 Å². The molecule has 0 atom stereocenters. The van der Waals surface area contributed by atoms with E-state index in [1.165, 1.54) is 11.8 Å². The third kappa shape index (κ3) is 3.77. The first-order chi connectivity index (χ1) is 11.7. The topological polar surface area (TPSA) is 77.9 Å². The number of carbonyl (C=O) groups is 1. The molecule has 1 aromatic carbocycles. The highest BCUT2D eigenvalue weighted by Gasteiger charge is 2.20. The fraction of sp³-hybridized carbons (Fsp3) is 0.188. The second-order valence-electron chi connectivity index (χ2n) is 4.97. The predicted octanol–water partition coefficient (Wildman–Crippen LogP) is 3.38. The van der Waals surface area contributed by atoms with Gasteiger partial charge in [0.2, 0.25) is 0 Å². The summed E-state index contributed by atoms with van der Waals surface area (Å²) in [5.41, 5.74) is 3.18. The van der Waals surface area contributed by atoms with Crippen molar-refractivity contribution in [2.75, 3.05) is 6.26 Å². The number of aromatic nitrogens is 4. The summed E-state index contributed by atoms with van der Waals surface area (Å²) in [6.45, 7) is 2.22. The molecule has 0 saturated heterocycles. The van der Waals surface area contributed by atoms with Gasteiger partial charge >= 0.3 is 5.97 Å². The van der Waals surface area contributed by atoms with E-state index in [-0.39, 0.29) is 6.61 Å². The van der Waals surface area contributed by atoms with Gasteiger partial charge in [-0.2, -0.15) is 0 Å². The first kappa shape index (κ1) is 16.5. The van der Waals surface area contributed by atoms with Crippen molar-refractivity contribution in [2.24, 2.45) is 0 Å². The lowest BCUT2D eigenvalue weighted by Crippen LogP contribution is -2.05. The summed E-state index contributed by atoms with van der Waals surface area (Å²) in [6.07, 6.45) is 5.16. The van der Waals surface area contributed by atoms with Crippen LogP contribution in [-0.4, -0.2) is 31.8 Å². The lowest BCUT2D eigenvalue weighted by Gasteiger charge is -2.05. The first-order valence-electron chi connectivity index (χ1n) is 7.09. The van der Waals surface area contributed by atoms with E-state index in [0.29, 0.717) is 21.3 Å². The fourth-order valence-electron chi connectivity index (χ4n) is 1.96. The molecule has 3 rings (SSSR count). The summed E-state index contributed by atoms with van der Waals surface area (Å²) in [5.74, 6) is -0.450. The van der Waals surface area contributed by atoms with Gasteiger partial charge in [0, 0.05) is 18.0 Å². The molecule has 24 heavy (non-hydrogen) atoms. The third-order valence-electron chi connectivity index (χ3n) is 3.25. The van der Waals surface area contributed by atoms with E-state index in [9.17, 15) is 4.79 Å². The third-order valence-corrected chi connectivity index (χ3v) is 4.53. The molecule has 3 aromatic rings. The van der Waals surface area contributed by atoms with E-state index in [1.807, 2.05) is 37.4 Å². The van der Waals surface area contributed by atoms with E-state index >= 15 is 0 Å². The minimum atomic E-state index is -0.450. The quantitative estimate of drug-likeness (QED) is 0.393. The molecule has 0 N–H and O–H groups in total. The number of hydrogen-bond donors (Lipinski definition) is 0. The number of hydrogen-bond acceptors (Lipinski definition) is 8. The number of thioether (sulfide) groups is 1. The van der Waals surface area contributed by atoms with E-state index in [1.54, 1.807) is 12.4 Å². The number of ether oxygens (including phenoxy) is 1. The van der Waals surface area contributed by atoms with Crippen LogP contribution in [0.2, 0.25) is 0 Å². The van der Waals surface area contributed by atoms with E-state index in [4.69, 9.17) is 4.74 Å². The fourth-order valence-corrected chi connectivity index (χ4v) is 2.86. The summed E-state index contributed by atoms with van der Waals surface area (Å²) in [4.78, 5) is 21.1. The molecule has 0 spiro atoms. The van der Waals surface area contributed by atoms with Gasteiger partial charge < -0.3 is 4.74 Å². The Morgan fingerprint density at radius 3 is 2.58 bits per heavy atom. The zero-order valence-electron chi connectivity index (χ0n) is 13.1. The van der Waals surface area contributed by atoms with Gasteiger partial charge in [0.15, 0.2) is 10.0 Å². The van der Waals surface area contributed by atoms with E-state index < -0.39 is 5.97 Å². The molecule has 0 saturated carbocycles. The van der Waals surface area contributed by atoms with Crippen LogP contribution in [0.25, 0.3) is 11.3 Å². The second kappa shape index (κ2) is 7.50. The van der Waals surface area contributed by atoms with Crippen LogP contribution in [0, 0.1) is 6.92 Å². The van der Waals surface area contributed by atoms with Gasteiger partial charge in [-0.3, -0.25) is 0 Å². The molecule has 0 unspecified atom stereocenters. The second-order valence-corrected chi connectivity index (χ2v) is 6.50. The molecule has 6 nitrogen and oxygen atoms in total. The summed E-state index contributed by atoms with van der Waals surface area (Å²) in [5, 5.41) is 4.67. The zero-order chi connectivity index (χ0) is 16.9. The summed E-state index contributed by atoms with van der Waals surface area (Å²) < 4.78 is 9.22. The molecule has 0 bridgehead atoms. The van der Waals surface area contributed by atoms with Crippen LogP contribution in [-0.2, 0) is 11.3 Å². The van der Waals surface area contributed by atoms with Crippen LogP contribution in [0.5, 0.6) is 0 Å². The smallest absolute Gasteiger partial charge is 0.352 e. The van der Waals surface area contributed by atoms with Gasteiger partial charge in [0.1, 0.15) is 12.3 Å². The highest BCUT2D eigenvalue weighted by Crippen LogP contribution is 2.24. The SMILES string of the molecule is CSc1ncc(-c2nnsc2C(=O)OCc2ccc(C)cc2)cn1. The van der Waals surface area contributed by atoms with Crippen LogP contribution < -0.4 is 0 Å². The minimum Gasteiger partial charge on any atom is -0.457 e. The average Bonchev–Trinajstić information content (AvgIpc) is 3.11. The Labute approximate surface area is 147 Å². The molecule has 0 amide bonds. The van der Waals surface area contributed by atoms with Gasteiger partial charge in [-0.1, -0.05) is 46.1 Å². The number of nitrogens with zero attached hydrogens (tertiary/aromatic N) is 4. The lowest BCUT2D eigenvalue weighted by molar-refractivity contribution is 0.0479. The number of benzene rings is 1. The molecule has 8 heteroatoms. The maximum atomic E-state index is 12.3. The molecule has 2 aromatic heterocycles. The Bertz CT molecular complexity index is 832. The first-order valence-corrected chi connectivity index (χ1v) is 9.08. The Morgan fingerprint density at radius 1 is 1.21 bits per heavy atom. The highest BCUT2D eigenvalue weighted by molar-refractivity contribution is 7.98. The van der Waals surface area contributed by atoms with Gasteiger partial charge in [0.25, 0.3) is 0 Å². The van der Waals surface area contributed by atoms with Crippen molar-refractivity contribution in [1.82, 2.24) is 19.6 Å². The number of carbonyl (C=O) groups excluding carboxylic acids is 1. The number of aryl methyl sites for hydroxylation is 1. The van der Waals surface area contributed by atoms with Gasteiger partial charge in [-0.05, 0) is 30.3 Å². The standard InChI is InChI=1S/C16H14N4O2S2/c1-10-3-5-11(6-4-10)9-22-15(21)14-13(19-20-24-14)12-7-17-16(23-2)18-8-12/h3-8H,9H2,1-2H3. The van der Waals surface area contributed by atoms with Gasteiger partial charge in [0.05, 0.1) is 0 Å². The molecule has 0 fully saturated rings. The van der Waals surface area contributed by atoms with Crippen LogP contribution in [0.3, 0.4) is 0 Å². The monoisotopic (exact) mass is 358 g/mol. The van der Waals surface area contributed by atoms with Crippen molar-refractivity contribution in [2.45, 2.75) is 18.7 Å². The van der Waals surface area contributed by atoms with Crippen LogP contribution in [0.15, 0.2) is 41.8 Å². The Kier molecular flexibility index (Phi) is 5.17. The van der Waals surface area contributed by atoms with Crippen LogP contribution in [0.4, 0.5) is 0 Å². The summed E-state index contributed by atoms with van der Waals surface area (Å²) in [6, 6.07) is 7.83. The summed E-state index contributed by atoms with van der Waals surface area (Å²) in [7, 11) is 0. The molecular formula is C16H14N4O2S2. The molecule has 122 valence electrons. The van der Waals surface area contributed by atoms with Crippen molar-refractivity contribution in [1.29, 1.82) is 0 Å². The van der Waals surface area contributed by atoms with Crippen molar-refractivity contribution in [3.05, 3.63) is 52.7 Å². The van der Waals surface area contributed by atoms with Gasteiger partial charge in [-0.25, -0.2) is 14.8 Å². The van der Waals surface area contributed by atoms with Crippen molar-refractivity contribution in [3.8, 4) is 11.3 Å².